The summed E-state index contributed by atoms with van der Waals surface area (Å²) < 4.78 is 0. The van der Waals surface area contributed by atoms with Gasteiger partial charge < -0.3 is 10.2 Å². The third-order valence-corrected chi connectivity index (χ3v) is 5.46. The number of anilines is 1. The number of hydrogen-bond donors (Lipinski definition) is 1. The van der Waals surface area contributed by atoms with Crippen LogP contribution in [0.1, 0.15) is 35.3 Å². The number of Topliss-reactive ketones (excluding diaryl/α,β-unsaturated/α-hetero) is 1. The normalized spacial score (nSPS) is 14.7. The monoisotopic (exact) mass is 469 g/mol. The van der Waals surface area contributed by atoms with Gasteiger partial charge in [0, 0.05) is 23.5 Å². The molecular formula is C22H17Cl2N5O3. The van der Waals surface area contributed by atoms with Crippen molar-refractivity contribution in [2.24, 2.45) is 5.16 Å². The van der Waals surface area contributed by atoms with Crippen LogP contribution in [0, 0.1) is 6.92 Å². The molecule has 1 aliphatic rings. The zero-order valence-electron chi connectivity index (χ0n) is 17.3. The van der Waals surface area contributed by atoms with Crippen molar-refractivity contribution >= 4 is 46.4 Å². The summed E-state index contributed by atoms with van der Waals surface area (Å²) in [5.74, 6) is -0.491. The van der Waals surface area contributed by atoms with Crippen LogP contribution < -0.4 is 5.32 Å². The molecule has 3 aromatic rings. The predicted octanol–water partition coefficient (Wildman–Crippen LogP) is 4.49. The van der Waals surface area contributed by atoms with Crippen molar-refractivity contribution < 1.29 is 14.4 Å². The lowest BCUT2D eigenvalue weighted by molar-refractivity contribution is -0.128. The summed E-state index contributed by atoms with van der Waals surface area (Å²) in [5, 5.41) is 6.82. The fraction of sp³-hybridized carbons (Fsp3) is 0.182. The van der Waals surface area contributed by atoms with Crippen LogP contribution in [-0.4, -0.2) is 38.0 Å². The smallest absolute Gasteiger partial charge is 0.260 e. The third-order valence-electron chi connectivity index (χ3n) is 4.89. The molecule has 1 aromatic carbocycles. The van der Waals surface area contributed by atoms with Crippen LogP contribution in [0.4, 0.5) is 5.82 Å². The zero-order valence-corrected chi connectivity index (χ0v) is 18.8. The average Bonchev–Trinajstić information content (AvgIpc) is 3.02. The molecule has 2 aromatic heterocycles. The second-order valence-electron chi connectivity index (χ2n) is 7.62. The van der Waals surface area contributed by atoms with Gasteiger partial charge in [-0.25, -0.2) is 4.98 Å². The first-order valence-electron chi connectivity index (χ1n) is 9.52. The highest BCUT2D eigenvalue weighted by atomic mass is 35.5. The van der Waals surface area contributed by atoms with Crippen molar-refractivity contribution in [2.45, 2.75) is 26.4 Å². The quantitative estimate of drug-likeness (QED) is 0.603. The highest BCUT2D eigenvalue weighted by molar-refractivity contribution is 6.49. The molecule has 0 atom stereocenters. The van der Waals surface area contributed by atoms with Crippen LogP contribution in [0.15, 0.2) is 48.1 Å². The molecule has 0 radical (unpaired) electrons. The number of nitrogens with one attached hydrogen (secondary N) is 1. The lowest BCUT2D eigenvalue weighted by atomic mass is 9.93. The number of hydrogen-bond acceptors (Lipinski definition) is 7. The number of rotatable bonds is 4. The summed E-state index contributed by atoms with van der Waals surface area (Å²) >= 11 is 12.0. The fourth-order valence-corrected chi connectivity index (χ4v) is 3.63. The maximum atomic E-state index is 12.5. The second kappa shape index (κ2) is 8.29. The average molecular weight is 470 g/mol. The molecule has 0 unspecified atom stereocenters. The number of oxime groups is 1. The Kier molecular flexibility index (Phi) is 5.66. The van der Waals surface area contributed by atoms with E-state index in [-0.39, 0.29) is 32.9 Å². The van der Waals surface area contributed by atoms with Gasteiger partial charge in [-0.2, -0.15) is 0 Å². The first-order chi connectivity index (χ1) is 15.2. The minimum absolute atomic E-state index is 0.102. The van der Waals surface area contributed by atoms with Gasteiger partial charge >= 0.3 is 0 Å². The van der Waals surface area contributed by atoms with Crippen LogP contribution in [0.2, 0.25) is 10.0 Å². The van der Waals surface area contributed by atoms with Gasteiger partial charge in [0.05, 0.1) is 33.7 Å². The number of benzene rings is 1. The molecule has 10 heteroatoms. The van der Waals surface area contributed by atoms with Crippen molar-refractivity contribution in [3.63, 3.8) is 0 Å². The van der Waals surface area contributed by atoms with Crippen molar-refractivity contribution in [3.05, 3.63) is 69.7 Å². The van der Waals surface area contributed by atoms with Crippen LogP contribution in [0.5, 0.6) is 0 Å². The number of aryl methyl sites for hydroxylation is 1. The SMILES string of the molecule is Cc1ccc(C2=NOC(C)(C)C2=O)cc1-c1cnc(NC(=O)c2c(Cl)cncc2Cl)cn1. The fourth-order valence-electron chi connectivity index (χ4n) is 3.10. The first-order valence-corrected chi connectivity index (χ1v) is 10.3. The third kappa shape index (κ3) is 4.06. The van der Waals surface area contributed by atoms with Gasteiger partial charge in [-0.05, 0) is 32.4 Å². The van der Waals surface area contributed by atoms with Crippen LogP contribution >= 0.6 is 23.2 Å². The Labute approximate surface area is 193 Å². The number of amides is 1. The van der Waals surface area contributed by atoms with E-state index in [9.17, 15) is 9.59 Å². The Balaban J connectivity index is 1.58. The molecule has 32 heavy (non-hydrogen) atoms. The van der Waals surface area contributed by atoms with E-state index in [4.69, 9.17) is 28.0 Å². The molecular weight excluding hydrogens is 453 g/mol. The number of carbonyl (C=O) groups is 2. The Morgan fingerprint density at radius 3 is 2.38 bits per heavy atom. The lowest BCUT2D eigenvalue weighted by Crippen LogP contribution is -2.33. The number of pyridine rings is 1. The van der Waals surface area contributed by atoms with Gasteiger partial charge in [0.2, 0.25) is 5.78 Å². The molecule has 1 aliphatic heterocycles. The molecule has 3 heterocycles. The summed E-state index contributed by atoms with van der Waals surface area (Å²) in [6, 6.07) is 5.50. The number of aromatic nitrogens is 3. The topological polar surface area (TPSA) is 106 Å². The first kappa shape index (κ1) is 21.9. The van der Waals surface area contributed by atoms with Gasteiger partial charge in [-0.15, -0.1) is 0 Å². The van der Waals surface area contributed by atoms with Crippen molar-refractivity contribution in [1.82, 2.24) is 15.0 Å². The molecule has 0 spiro atoms. The van der Waals surface area contributed by atoms with E-state index in [1.165, 1.54) is 24.8 Å². The van der Waals surface area contributed by atoms with Gasteiger partial charge in [0.1, 0.15) is 0 Å². The number of nitrogens with zero attached hydrogens (tertiary/aromatic N) is 4. The maximum Gasteiger partial charge on any atom is 0.260 e. The minimum Gasteiger partial charge on any atom is -0.381 e. The van der Waals surface area contributed by atoms with Crippen molar-refractivity contribution in [1.29, 1.82) is 0 Å². The summed E-state index contributed by atoms with van der Waals surface area (Å²) in [4.78, 5) is 42.8. The Morgan fingerprint density at radius 2 is 1.78 bits per heavy atom. The van der Waals surface area contributed by atoms with Gasteiger partial charge in [0.15, 0.2) is 17.1 Å². The number of ketones is 1. The van der Waals surface area contributed by atoms with Crippen molar-refractivity contribution in [2.75, 3.05) is 5.32 Å². The highest BCUT2D eigenvalue weighted by Gasteiger charge is 2.40. The molecule has 0 bridgehead atoms. The molecule has 4 rings (SSSR count). The Hall–Kier alpha value is -3.36. The Morgan fingerprint density at radius 1 is 1.06 bits per heavy atom. The van der Waals surface area contributed by atoms with E-state index in [1.807, 2.05) is 25.1 Å². The molecule has 162 valence electrons. The van der Waals surface area contributed by atoms with Gasteiger partial charge in [-0.1, -0.05) is 40.5 Å². The minimum atomic E-state index is -0.985. The standard InChI is InChI=1S/C22H17Cl2N5O3/c1-11-4-5-12(19-20(30)22(2,3)32-29-19)6-13(11)16-9-27-17(10-26-16)28-21(31)18-14(23)7-25-8-15(18)24/h4-10H,1-3H3,(H,27,28,31). The van der Waals surface area contributed by atoms with Crippen LogP contribution in [-0.2, 0) is 9.63 Å². The highest BCUT2D eigenvalue weighted by Crippen LogP contribution is 2.28. The zero-order chi connectivity index (χ0) is 23.0. The summed E-state index contributed by atoms with van der Waals surface area (Å²) in [7, 11) is 0. The van der Waals surface area contributed by atoms with E-state index >= 15 is 0 Å². The second-order valence-corrected chi connectivity index (χ2v) is 8.43. The summed E-state index contributed by atoms with van der Waals surface area (Å²) in [5.41, 5.74) is 2.27. The predicted molar refractivity (Wildman–Crippen MR) is 121 cm³/mol. The number of halogens is 2. The molecule has 0 fully saturated rings. The number of carbonyl (C=O) groups excluding carboxylic acids is 2. The van der Waals surface area contributed by atoms with Crippen LogP contribution in [0.25, 0.3) is 11.3 Å². The van der Waals surface area contributed by atoms with Gasteiger partial charge in [0.25, 0.3) is 5.91 Å². The molecule has 0 saturated carbocycles. The lowest BCUT2D eigenvalue weighted by Gasteiger charge is -2.12. The molecule has 0 aliphatic carbocycles. The molecule has 1 amide bonds. The largest absolute Gasteiger partial charge is 0.381 e. The Bertz CT molecular complexity index is 1250. The molecule has 0 saturated heterocycles. The van der Waals surface area contributed by atoms with E-state index in [1.54, 1.807) is 13.8 Å². The maximum absolute atomic E-state index is 12.5. The van der Waals surface area contributed by atoms with Crippen molar-refractivity contribution in [3.8, 4) is 11.3 Å². The van der Waals surface area contributed by atoms with E-state index < -0.39 is 11.5 Å². The van der Waals surface area contributed by atoms with E-state index in [2.05, 4.69) is 25.4 Å². The summed E-state index contributed by atoms with van der Waals surface area (Å²) in [6.07, 6.45) is 5.61. The van der Waals surface area contributed by atoms with Gasteiger partial charge in [-0.3, -0.25) is 19.6 Å². The molecule has 1 N–H and O–H groups in total. The van der Waals surface area contributed by atoms with Crippen LogP contribution in [0.3, 0.4) is 0 Å². The van der Waals surface area contributed by atoms with E-state index in [0.29, 0.717) is 11.3 Å². The van der Waals surface area contributed by atoms with E-state index in [0.717, 1.165) is 11.1 Å². The summed E-state index contributed by atoms with van der Waals surface area (Å²) in [6.45, 7) is 5.26. The molecule has 8 nitrogen and oxygen atoms in total.